The van der Waals surface area contributed by atoms with Gasteiger partial charge in [0.15, 0.2) is 0 Å². The van der Waals surface area contributed by atoms with E-state index >= 15 is 0 Å². The van der Waals surface area contributed by atoms with E-state index in [-0.39, 0.29) is 11.8 Å². The molecule has 1 aliphatic carbocycles. The Kier molecular flexibility index (Phi) is 4.24. The van der Waals surface area contributed by atoms with Crippen molar-refractivity contribution in [3.05, 3.63) is 34.9 Å². The third kappa shape index (κ3) is 2.83. The minimum Gasteiger partial charge on any atom is -0.481 e. The quantitative estimate of drug-likeness (QED) is 0.898. The molecule has 0 radical (unpaired) electrons. The predicted molar refractivity (Wildman–Crippen MR) is 94.7 cm³/mol. The Bertz CT molecular complexity index is 704. The highest BCUT2D eigenvalue weighted by Crippen LogP contribution is 2.45. The first-order valence-corrected chi connectivity index (χ1v) is 9.40. The van der Waals surface area contributed by atoms with Crippen molar-refractivity contribution < 1.29 is 14.7 Å². The van der Waals surface area contributed by atoms with Crippen LogP contribution in [0, 0.1) is 11.3 Å². The van der Waals surface area contributed by atoms with E-state index in [2.05, 4.69) is 4.90 Å². The molecule has 1 amide bonds. The van der Waals surface area contributed by atoms with Gasteiger partial charge in [-0.25, -0.2) is 0 Å². The van der Waals surface area contributed by atoms with Gasteiger partial charge in [-0.05, 0) is 31.0 Å². The molecule has 1 aromatic rings. The number of likely N-dealkylation sites (tertiary alicyclic amines) is 2. The summed E-state index contributed by atoms with van der Waals surface area (Å²) in [4.78, 5) is 29.0. The van der Waals surface area contributed by atoms with Crippen LogP contribution >= 0.6 is 11.6 Å². The number of hydrogen-bond donors (Lipinski definition) is 1. The average molecular weight is 363 g/mol. The molecule has 5 nitrogen and oxygen atoms in total. The fourth-order valence-electron chi connectivity index (χ4n) is 4.91. The Hall–Kier alpha value is -1.59. The Morgan fingerprint density at radius 1 is 1.16 bits per heavy atom. The molecular weight excluding hydrogens is 340 g/mol. The number of fused-ring (bicyclic) bond motifs is 1. The van der Waals surface area contributed by atoms with Gasteiger partial charge in [0.1, 0.15) is 5.41 Å². The summed E-state index contributed by atoms with van der Waals surface area (Å²) in [7, 11) is 0. The molecule has 134 valence electrons. The van der Waals surface area contributed by atoms with Crippen molar-refractivity contribution in [3.8, 4) is 0 Å². The normalized spacial score (nSPS) is 30.0. The smallest absolute Gasteiger partial charge is 0.313 e. The standard InChI is InChI=1S/C19H23ClN2O3/c20-15-5-3-4-13(8-15)17(23)22-10-14-9-21(16-6-1-2-7-16)11-19(14,12-22)18(24)25/h3-5,8,14,16H,1-2,6-7,9-12H2,(H,24,25)/t14-,19-/m1/s1. The second-order valence-corrected chi connectivity index (χ2v) is 8.16. The summed E-state index contributed by atoms with van der Waals surface area (Å²) in [6.07, 6.45) is 4.83. The van der Waals surface area contributed by atoms with Crippen LogP contribution in [0.25, 0.3) is 0 Å². The van der Waals surface area contributed by atoms with Crippen molar-refractivity contribution in [2.75, 3.05) is 26.2 Å². The highest BCUT2D eigenvalue weighted by atomic mass is 35.5. The van der Waals surface area contributed by atoms with Crippen LogP contribution in [-0.2, 0) is 4.79 Å². The fraction of sp³-hybridized carbons (Fsp3) is 0.579. The van der Waals surface area contributed by atoms with Gasteiger partial charge in [0, 0.05) is 48.7 Å². The number of hydrogen-bond acceptors (Lipinski definition) is 3. The van der Waals surface area contributed by atoms with Crippen molar-refractivity contribution in [1.82, 2.24) is 9.80 Å². The molecular formula is C19H23ClN2O3. The van der Waals surface area contributed by atoms with Crippen LogP contribution in [-0.4, -0.2) is 59.0 Å². The Balaban J connectivity index is 1.53. The fourth-order valence-corrected chi connectivity index (χ4v) is 5.10. The molecule has 25 heavy (non-hydrogen) atoms. The maximum Gasteiger partial charge on any atom is 0.313 e. The Labute approximate surface area is 152 Å². The summed E-state index contributed by atoms with van der Waals surface area (Å²) in [5.41, 5.74) is -0.294. The number of carbonyl (C=O) groups excluding carboxylic acids is 1. The second-order valence-electron chi connectivity index (χ2n) is 7.72. The van der Waals surface area contributed by atoms with Gasteiger partial charge < -0.3 is 10.0 Å². The molecule has 1 aromatic carbocycles. The molecule has 4 rings (SSSR count). The lowest BCUT2D eigenvalue weighted by Gasteiger charge is -2.28. The van der Waals surface area contributed by atoms with Crippen molar-refractivity contribution in [3.63, 3.8) is 0 Å². The van der Waals surface area contributed by atoms with Gasteiger partial charge in [-0.1, -0.05) is 30.5 Å². The van der Waals surface area contributed by atoms with Crippen LogP contribution in [0.15, 0.2) is 24.3 Å². The summed E-state index contributed by atoms with van der Waals surface area (Å²) >= 11 is 5.99. The summed E-state index contributed by atoms with van der Waals surface area (Å²) in [5, 5.41) is 10.5. The van der Waals surface area contributed by atoms with Crippen LogP contribution in [0.5, 0.6) is 0 Å². The molecule has 1 N–H and O–H groups in total. The zero-order valence-electron chi connectivity index (χ0n) is 14.2. The molecule has 3 fully saturated rings. The number of benzene rings is 1. The lowest BCUT2D eigenvalue weighted by Crippen LogP contribution is -2.43. The minimum absolute atomic E-state index is 0.00809. The lowest BCUT2D eigenvalue weighted by atomic mass is 9.81. The molecule has 0 bridgehead atoms. The molecule has 3 aliphatic rings. The van der Waals surface area contributed by atoms with Crippen molar-refractivity contribution in [2.45, 2.75) is 31.7 Å². The average Bonchev–Trinajstić information content (AvgIpc) is 3.27. The summed E-state index contributed by atoms with van der Waals surface area (Å²) in [6, 6.07) is 7.40. The van der Waals surface area contributed by atoms with E-state index in [0.29, 0.717) is 36.3 Å². The number of carboxylic acid groups (broad SMARTS) is 1. The molecule has 1 saturated carbocycles. The zero-order chi connectivity index (χ0) is 17.6. The van der Waals surface area contributed by atoms with E-state index in [1.165, 1.54) is 25.7 Å². The Morgan fingerprint density at radius 2 is 1.92 bits per heavy atom. The molecule has 0 spiro atoms. The SMILES string of the molecule is O=C(c1cccc(Cl)c1)N1C[C@H]2CN(C3CCCC3)C[C@@]2(C(=O)O)C1. The topological polar surface area (TPSA) is 60.9 Å². The Morgan fingerprint density at radius 3 is 2.56 bits per heavy atom. The largest absolute Gasteiger partial charge is 0.481 e. The maximum absolute atomic E-state index is 12.8. The molecule has 0 unspecified atom stereocenters. The number of carbonyl (C=O) groups is 2. The third-order valence-corrected chi connectivity index (χ3v) is 6.50. The second kappa shape index (κ2) is 6.29. The van der Waals surface area contributed by atoms with Gasteiger partial charge in [0.25, 0.3) is 5.91 Å². The zero-order valence-corrected chi connectivity index (χ0v) is 14.9. The molecule has 2 aliphatic heterocycles. The lowest BCUT2D eigenvalue weighted by molar-refractivity contribution is -0.148. The van der Waals surface area contributed by atoms with Gasteiger partial charge in [0.05, 0.1) is 0 Å². The van der Waals surface area contributed by atoms with E-state index in [1.807, 2.05) is 0 Å². The van der Waals surface area contributed by atoms with Crippen molar-refractivity contribution in [2.24, 2.45) is 11.3 Å². The summed E-state index contributed by atoms with van der Waals surface area (Å²) in [5.74, 6) is -0.877. The summed E-state index contributed by atoms with van der Waals surface area (Å²) < 4.78 is 0. The number of aliphatic carboxylic acids is 1. The highest BCUT2D eigenvalue weighted by molar-refractivity contribution is 6.30. The van der Waals surface area contributed by atoms with Crippen molar-refractivity contribution >= 4 is 23.5 Å². The van der Waals surface area contributed by atoms with Crippen LogP contribution in [0.1, 0.15) is 36.0 Å². The van der Waals surface area contributed by atoms with Gasteiger partial charge >= 0.3 is 5.97 Å². The first-order valence-electron chi connectivity index (χ1n) is 9.02. The number of nitrogens with zero attached hydrogens (tertiary/aromatic N) is 2. The maximum atomic E-state index is 12.8. The van der Waals surface area contributed by atoms with Gasteiger partial charge in [-0.15, -0.1) is 0 Å². The number of rotatable bonds is 3. The molecule has 0 aromatic heterocycles. The van der Waals surface area contributed by atoms with Crippen LogP contribution < -0.4 is 0 Å². The van der Waals surface area contributed by atoms with E-state index < -0.39 is 11.4 Å². The summed E-state index contributed by atoms with van der Waals surface area (Å²) in [6.45, 7) is 2.16. The molecule has 2 saturated heterocycles. The predicted octanol–water partition coefficient (Wildman–Crippen LogP) is 2.74. The molecule has 2 atom stereocenters. The van der Waals surface area contributed by atoms with Crippen LogP contribution in [0.2, 0.25) is 5.02 Å². The van der Waals surface area contributed by atoms with E-state index in [1.54, 1.807) is 29.2 Å². The van der Waals surface area contributed by atoms with Gasteiger partial charge in [-0.2, -0.15) is 0 Å². The first kappa shape index (κ1) is 16.9. The highest BCUT2D eigenvalue weighted by Gasteiger charge is 2.59. The van der Waals surface area contributed by atoms with Crippen LogP contribution in [0.3, 0.4) is 0 Å². The number of carboxylic acids is 1. The number of halogens is 1. The monoisotopic (exact) mass is 362 g/mol. The van der Waals surface area contributed by atoms with E-state index in [0.717, 1.165) is 6.54 Å². The van der Waals surface area contributed by atoms with Crippen LogP contribution in [0.4, 0.5) is 0 Å². The first-order chi connectivity index (χ1) is 12.0. The molecule has 6 heteroatoms. The molecule has 2 heterocycles. The third-order valence-electron chi connectivity index (χ3n) is 6.26. The van der Waals surface area contributed by atoms with E-state index in [4.69, 9.17) is 11.6 Å². The van der Waals surface area contributed by atoms with Gasteiger partial charge in [-0.3, -0.25) is 14.5 Å². The van der Waals surface area contributed by atoms with Gasteiger partial charge in [0.2, 0.25) is 0 Å². The van der Waals surface area contributed by atoms with E-state index in [9.17, 15) is 14.7 Å². The number of amides is 1. The minimum atomic E-state index is -0.823. The van der Waals surface area contributed by atoms with Crippen molar-refractivity contribution in [1.29, 1.82) is 0 Å².